The number of fused-ring (bicyclic) bond motifs is 1. The Balaban J connectivity index is 1.37. The van der Waals surface area contributed by atoms with E-state index in [1.807, 2.05) is 30.3 Å². The molecule has 2 aromatic carbocycles. The van der Waals surface area contributed by atoms with Gasteiger partial charge in [0.2, 0.25) is 12.7 Å². The molecule has 10 heteroatoms. The van der Waals surface area contributed by atoms with Gasteiger partial charge in [-0.25, -0.2) is 5.43 Å². The third kappa shape index (κ3) is 4.07. The molecular formula is C20H18N4O6. The summed E-state index contributed by atoms with van der Waals surface area (Å²) in [7, 11) is 0. The molecule has 1 N–H and O–H groups in total. The average molecular weight is 410 g/mol. The lowest BCUT2D eigenvalue weighted by atomic mass is 9.99. The maximum atomic E-state index is 12.2. The molecular weight excluding hydrogens is 392 g/mol. The summed E-state index contributed by atoms with van der Waals surface area (Å²) in [4.78, 5) is 36.6. The monoisotopic (exact) mass is 410 g/mol. The van der Waals surface area contributed by atoms with Crippen molar-refractivity contribution in [2.45, 2.75) is 12.3 Å². The molecule has 4 rings (SSSR count). The van der Waals surface area contributed by atoms with Gasteiger partial charge >= 0.3 is 0 Å². The summed E-state index contributed by atoms with van der Waals surface area (Å²) in [6, 6.07) is 12.3. The Hall–Kier alpha value is -3.95. The fraction of sp³-hybridized carbons (Fsp3) is 0.250. The highest BCUT2D eigenvalue weighted by atomic mass is 16.7. The second-order valence-corrected chi connectivity index (χ2v) is 6.90. The van der Waals surface area contributed by atoms with Gasteiger partial charge in [-0.05, 0) is 11.6 Å². The number of ether oxygens (including phenoxy) is 2. The number of nitro benzene ring substituents is 1. The van der Waals surface area contributed by atoms with Gasteiger partial charge < -0.3 is 14.4 Å². The molecule has 10 nitrogen and oxygen atoms in total. The van der Waals surface area contributed by atoms with E-state index in [0.717, 1.165) is 11.8 Å². The molecule has 0 saturated carbocycles. The molecule has 1 saturated heterocycles. The van der Waals surface area contributed by atoms with Crippen molar-refractivity contribution in [2.75, 3.05) is 19.9 Å². The van der Waals surface area contributed by atoms with Crippen LogP contribution in [0.4, 0.5) is 5.69 Å². The Morgan fingerprint density at radius 1 is 1.27 bits per heavy atom. The predicted molar refractivity (Wildman–Crippen MR) is 105 cm³/mol. The van der Waals surface area contributed by atoms with E-state index in [1.165, 1.54) is 17.0 Å². The van der Waals surface area contributed by atoms with Crippen LogP contribution in [0, 0.1) is 10.1 Å². The van der Waals surface area contributed by atoms with E-state index in [2.05, 4.69) is 10.5 Å². The Morgan fingerprint density at radius 2 is 2.00 bits per heavy atom. The number of rotatable bonds is 6. The first-order valence-corrected chi connectivity index (χ1v) is 9.24. The molecule has 1 atom stereocenters. The van der Waals surface area contributed by atoms with E-state index in [1.54, 1.807) is 0 Å². The molecule has 0 radical (unpaired) electrons. The summed E-state index contributed by atoms with van der Waals surface area (Å²) in [5, 5.41) is 15.0. The number of carbonyl (C=O) groups is 2. The van der Waals surface area contributed by atoms with Gasteiger partial charge in [0.15, 0.2) is 11.5 Å². The predicted octanol–water partition coefficient (Wildman–Crippen LogP) is 1.79. The Bertz CT molecular complexity index is 1020. The van der Waals surface area contributed by atoms with Crippen molar-refractivity contribution in [3.63, 3.8) is 0 Å². The molecule has 1 fully saturated rings. The van der Waals surface area contributed by atoms with E-state index in [4.69, 9.17) is 9.47 Å². The van der Waals surface area contributed by atoms with Gasteiger partial charge in [0.1, 0.15) is 6.54 Å². The summed E-state index contributed by atoms with van der Waals surface area (Å²) in [6.45, 7) is 0.300. The van der Waals surface area contributed by atoms with Gasteiger partial charge in [-0.2, -0.15) is 5.10 Å². The highest BCUT2D eigenvalue weighted by Gasteiger charge is 2.31. The Labute approximate surface area is 171 Å². The maximum absolute atomic E-state index is 12.2. The number of benzene rings is 2. The summed E-state index contributed by atoms with van der Waals surface area (Å²) in [6.07, 6.45) is 1.51. The zero-order valence-corrected chi connectivity index (χ0v) is 15.8. The largest absolute Gasteiger partial charge is 0.454 e. The minimum absolute atomic E-state index is 0.0162. The summed E-state index contributed by atoms with van der Waals surface area (Å²) < 4.78 is 10.3. The number of amides is 2. The maximum Gasteiger partial charge on any atom is 0.282 e. The highest BCUT2D eigenvalue weighted by Crippen LogP contribution is 2.37. The summed E-state index contributed by atoms with van der Waals surface area (Å²) >= 11 is 0. The van der Waals surface area contributed by atoms with Gasteiger partial charge in [0.05, 0.1) is 22.8 Å². The number of nitrogens with one attached hydrogen (secondary N) is 1. The van der Waals surface area contributed by atoms with Crippen molar-refractivity contribution in [2.24, 2.45) is 5.10 Å². The lowest BCUT2D eigenvalue weighted by Crippen LogP contribution is -2.36. The molecule has 154 valence electrons. The SMILES string of the molecule is O=C(CN1C[C@@H](c2ccccc2)CC1=O)N/N=C\c1cc2c(cc1[N+](=O)[O-])OCO2. The van der Waals surface area contributed by atoms with Crippen molar-refractivity contribution in [3.8, 4) is 11.5 Å². The second-order valence-electron chi connectivity index (χ2n) is 6.90. The van der Waals surface area contributed by atoms with Crippen molar-refractivity contribution in [1.29, 1.82) is 0 Å². The molecule has 0 spiro atoms. The molecule has 2 heterocycles. The fourth-order valence-corrected chi connectivity index (χ4v) is 3.46. The van der Waals surface area contributed by atoms with Crippen LogP contribution in [0.5, 0.6) is 11.5 Å². The van der Waals surface area contributed by atoms with Crippen molar-refractivity contribution in [1.82, 2.24) is 10.3 Å². The number of hydrogen-bond donors (Lipinski definition) is 1. The van der Waals surface area contributed by atoms with Crippen molar-refractivity contribution >= 4 is 23.7 Å². The zero-order valence-electron chi connectivity index (χ0n) is 15.8. The number of likely N-dealkylation sites (tertiary alicyclic amines) is 1. The van der Waals surface area contributed by atoms with E-state index in [9.17, 15) is 19.7 Å². The van der Waals surface area contributed by atoms with Gasteiger partial charge in [0.25, 0.3) is 11.6 Å². The van der Waals surface area contributed by atoms with Crippen LogP contribution >= 0.6 is 0 Å². The topological polar surface area (TPSA) is 123 Å². The first-order valence-electron chi connectivity index (χ1n) is 9.24. The van der Waals surface area contributed by atoms with Crippen LogP contribution in [-0.4, -0.2) is 47.7 Å². The van der Waals surface area contributed by atoms with Crippen LogP contribution in [0.1, 0.15) is 23.5 Å². The van der Waals surface area contributed by atoms with E-state index in [0.29, 0.717) is 18.7 Å². The van der Waals surface area contributed by atoms with Crippen LogP contribution in [0.25, 0.3) is 0 Å². The third-order valence-electron chi connectivity index (χ3n) is 4.93. The Morgan fingerprint density at radius 3 is 2.73 bits per heavy atom. The molecule has 0 bridgehead atoms. The molecule has 2 aliphatic heterocycles. The normalized spacial score (nSPS) is 17.5. The lowest BCUT2D eigenvalue weighted by Gasteiger charge is -2.15. The van der Waals surface area contributed by atoms with E-state index in [-0.39, 0.29) is 42.2 Å². The summed E-state index contributed by atoms with van der Waals surface area (Å²) in [5.74, 6) is 0.101. The number of nitro groups is 1. The summed E-state index contributed by atoms with van der Waals surface area (Å²) in [5.41, 5.74) is 3.30. The molecule has 0 aromatic heterocycles. The van der Waals surface area contributed by atoms with Crippen LogP contribution in [0.15, 0.2) is 47.6 Å². The minimum atomic E-state index is -0.572. The van der Waals surface area contributed by atoms with Crippen molar-refractivity contribution < 1.29 is 24.0 Å². The van der Waals surface area contributed by atoms with Gasteiger partial charge in [-0.1, -0.05) is 30.3 Å². The van der Waals surface area contributed by atoms with E-state index >= 15 is 0 Å². The van der Waals surface area contributed by atoms with Gasteiger partial charge in [-0.15, -0.1) is 0 Å². The third-order valence-corrected chi connectivity index (χ3v) is 4.93. The van der Waals surface area contributed by atoms with Crippen LogP contribution < -0.4 is 14.9 Å². The lowest BCUT2D eigenvalue weighted by molar-refractivity contribution is -0.385. The molecule has 0 unspecified atom stereocenters. The molecule has 2 amide bonds. The molecule has 2 aromatic rings. The minimum Gasteiger partial charge on any atom is -0.454 e. The zero-order chi connectivity index (χ0) is 21.1. The van der Waals surface area contributed by atoms with Gasteiger partial charge in [0, 0.05) is 18.9 Å². The Kier molecular flexibility index (Phi) is 5.29. The van der Waals surface area contributed by atoms with Crippen molar-refractivity contribution in [3.05, 3.63) is 63.7 Å². The molecule has 0 aliphatic carbocycles. The highest BCUT2D eigenvalue weighted by molar-refractivity contribution is 5.90. The first kappa shape index (κ1) is 19.4. The fourth-order valence-electron chi connectivity index (χ4n) is 3.46. The number of nitrogens with zero attached hydrogens (tertiary/aromatic N) is 3. The molecule has 30 heavy (non-hydrogen) atoms. The molecule has 2 aliphatic rings. The van der Waals surface area contributed by atoms with Crippen LogP contribution in [-0.2, 0) is 9.59 Å². The van der Waals surface area contributed by atoms with E-state index < -0.39 is 10.8 Å². The average Bonchev–Trinajstić information content (AvgIpc) is 3.34. The quantitative estimate of drug-likeness (QED) is 0.440. The number of hydrazone groups is 1. The van der Waals surface area contributed by atoms with Gasteiger partial charge in [-0.3, -0.25) is 19.7 Å². The second kappa shape index (κ2) is 8.19. The number of hydrogen-bond acceptors (Lipinski definition) is 7. The van der Waals surface area contributed by atoms with Crippen LogP contribution in [0.3, 0.4) is 0 Å². The number of carbonyl (C=O) groups excluding carboxylic acids is 2. The standard InChI is InChI=1S/C20H18N4O6/c25-19(11-23-10-15(7-20(23)26)13-4-2-1-3-5-13)22-21-9-14-6-17-18(30-12-29-17)8-16(14)24(27)28/h1-6,8-9,15H,7,10-12H2,(H,22,25)/b21-9-/t15-/m0/s1. The van der Waals surface area contributed by atoms with Crippen LogP contribution in [0.2, 0.25) is 0 Å². The smallest absolute Gasteiger partial charge is 0.282 e. The first-order chi connectivity index (χ1) is 14.5.